The molecular formula is C12H17. The molecular weight excluding hydrogens is 144 g/mol. The van der Waals surface area contributed by atoms with Gasteiger partial charge in [-0.2, -0.15) is 0 Å². The second-order valence-corrected chi connectivity index (χ2v) is 3.41. The quantitative estimate of drug-likeness (QED) is 0.622. The van der Waals surface area contributed by atoms with E-state index in [9.17, 15) is 0 Å². The Kier molecular flexibility index (Phi) is 2.91. The lowest BCUT2D eigenvalue weighted by atomic mass is 9.97. The summed E-state index contributed by atoms with van der Waals surface area (Å²) in [6.45, 7) is 8.70. The largest absolute Gasteiger partial charge is 0.0648 e. The zero-order valence-corrected chi connectivity index (χ0v) is 8.44. The van der Waals surface area contributed by atoms with Crippen molar-refractivity contribution in [3.05, 3.63) is 40.8 Å². The van der Waals surface area contributed by atoms with Gasteiger partial charge in [-0.05, 0) is 50.3 Å². The molecule has 0 aliphatic heterocycles. The SMILES string of the molecule is CC[CH]c1cc(C)cc(C)c1C. The van der Waals surface area contributed by atoms with Crippen molar-refractivity contribution >= 4 is 0 Å². The number of aryl methyl sites for hydroxylation is 2. The highest BCUT2D eigenvalue weighted by Crippen LogP contribution is 2.18. The third-order valence-corrected chi connectivity index (χ3v) is 2.28. The van der Waals surface area contributed by atoms with Gasteiger partial charge in [0.15, 0.2) is 0 Å². The summed E-state index contributed by atoms with van der Waals surface area (Å²) in [6, 6.07) is 4.49. The molecule has 0 spiro atoms. The third-order valence-electron chi connectivity index (χ3n) is 2.28. The predicted octanol–water partition coefficient (Wildman–Crippen LogP) is 3.57. The summed E-state index contributed by atoms with van der Waals surface area (Å²) in [4.78, 5) is 0. The first-order chi connectivity index (χ1) is 5.65. The Bertz CT molecular complexity index is 272. The summed E-state index contributed by atoms with van der Waals surface area (Å²) in [7, 11) is 0. The molecule has 65 valence electrons. The van der Waals surface area contributed by atoms with Crippen molar-refractivity contribution in [2.24, 2.45) is 0 Å². The first-order valence-corrected chi connectivity index (χ1v) is 4.56. The van der Waals surface area contributed by atoms with Crippen LogP contribution in [0.2, 0.25) is 0 Å². The molecule has 0 saturated carbocycles. The second-order valence-electron chi connectivity index (χ2n) is 3.41. The van der Waals surface area contributed by atoms with Crippen LogP contribution < -0.4 is 0 Å². The zero-order valence-electron chi connectivity index (χ0n) is 8.44. The van der Waals surface area contributed by atoms with Crippen LogP contribution in [0.4, 0.5) is 0 Å². The number of hydrogen-bond donors (Lipinski definition) is 0. The molecule has 0 aromatic heterocycles. The Morgan fingerprint density at radius 2 is 1.83 bits per heavy atom. The van der Waals surface area contributed by atoms with Crippen LogP contribution in [0.25, 0.3) is 0 Å². The molecule has 0 bridgehead atoms. The van der Waals surface area contributed by atoms with E-state index in [2.05, 4.69) is 46.2 Å². The monoisotopic (exact) mass is 161 g/mol. The molecule has 0 unspecified atom stereocenters. The maximum Gasteiger partial charge on any atom is -0.00929 e. The van der Waals surface area contributed by atoms with Gasteiger partial charge in [0, 0.05) is 0 Å². The lowest BCUT2D eigenvalue weighted by molar-refractivity contribution is 1.10. The molecule has 0 saturated heterocycles. The summed E-state index contributed by atoms with van der Waals surface area (Å²) in [5, 5.41) is 0. The minimum Gasteiger partial charge on any atom is -0.0648 e. The number of hydrogen-bond acceptors (Lipinski definition) is 0. The highest BCUT2D eigenvalue weighted by Gasteiger charge is 2.00. The first kappa shape index (κ1) is 9.31. The molecule has 0 fully saturated rings. The lowest BCUT2D eigenvalue weighted by Crippen LogP contribution is -1.91. The van der Waals surface area contributed by atoms with E-state index >= 15 is 0 Å². The minimum absolute atomic E-state index is 1.11. The van der Waals surface area contributed by atoms with E-state index in [0.717, 1.165) is 6.42 Å². The Morgan fingerprint density at radius 1 is 1.17 bits per heavy atom. The van der Waals surface area contributed by atoms with Crippen LogP contribution in [0.15, 0.2) is 12.1 Å². The van der Waals surface area contributed by atoms with Crippen molar-refractivity contribution in [1.29, 1.82) is 0 Å². The number of benzene rings is 1. The molecule has 1 rings (SSSR count). The first-order valence-electron chi connectivity index (χ1n) is 4.56. The van der Waals surface area contributed by atoms with Gasteiger partial charge in [-0.25, -0.2) is 0 Å². The fraction of sp³-hybridized carbons (Fsp3) is 0.417. The van der Waals surface area contributed by atoms with E-state index in [1.807, 2.05) is 0 Å². The van der Waals surface area contributed by atoms with E-state index < -0.39 is 0 Å². The average Bonchev–Trinajstić information content (AvgIpc) is 2.00. The zero-order chi connectivity index (χ0) is 9.14. The molecule has 0 heterocycles. The molecule has 0 nitrogen and oxygen atoms in total. The molecule has 0 aliphatic carbocycles. The Balaban J connectivity index is 3.09. The topological polar surface area (TPSA) is 0 Å². The molecule has 0 atom stereocenters. The minimum atomic E-state index is 1.11. The Hall–Kier alpha value is -0.780. The van der Waals surface area contributed by atoms with E-state index in [1.165, 1.54) is 22.3 Å². The number of rotatable bonds is 2. The van der Waals surface area contributed by atoms with Crippen molar-refractivity contribution < 1.29 is 0 Å². The van der Waals surface area contributed by atoms with E-state index in [-0.39, 0.29) is 0 Å². The molecule has 1 radical (unpaired) electrons. The van der Waals surface area contributed by atoms with Gasteiger partial charge in [0.2, 0.25) is 0 Å². The van der Waals surface area contributed by atoms with Crippen LogP contribution in [0.5, 0.6) is 0 Å². The highest BCUT2D eigenvalue weighted by molar-refractivity contribution is 5.40. The van der Waals surface area contributed by atoms with Gasteiger partial charge in [-0.3, -0.25) is 0 Å². The normalized spacial score (nSPS) is 10.3. The standard InChI is InChI=1S/C12H17/c1-5-6-12-8-9(2)7-10(3)11(12)4/h6-8H,5H2,1-4H3. The van der Waals surface area contributed by atoms with Crippen molar-refractivity contribution in [1.82, 2.24) is 0 Å². The van der Waals surface area contributed by atoms with Gasteiger partial charge < -0.3 is 0 Å². The predicted molar refractivity (Wildman–Crippen MR) is 54.3 cm³/mol. The molecule has 12 heavy (non-hydrogen) atoms. The van der Waals surface area contributed by atoms with Gasteiger partial charge in [0.1, 0.15) is 0 Å². The average molecular weight is 161 g/mol. The maximum absolute atomic E-state index is 2.29. The van der Waals surface area contributed by atoms with Gasteiger partial charge in [0.05, 0.1) is 0 Å². The van der Waals surface area contributed by atoms with Crippen LogP contribution in [0, 0.1) is 27.2 Å². The highest BCUT2D eigenvalue weighted by atomic mass is 14.1. The van der Waals surface area contributed by atoms with Crippen LogP contribution in [-0.2, 0) is 0 Å². The fourth-order valence-electron chi connectivity index (χ4n) is 1.50. The lowest BCUT2D eigenvalue weighted by Gasteiger charge is -2.08. The molecule has 1 aromatic carbocycles. The van der Waals surface area contributed by atoms with Crippen LogP contribution in [0.3, 0.4) is 0 Å². The van der Waals surface area contributed by atoms with Crippen LogP contribution >= 0.6 is 0 Å². The van der Waals surface area contributed by atoms with E-state index in [4.69, 9.17) is 0 Å². The Morgan fingerprint density at radius 3 is 2.42 bits per heavy atom. The summed E-state index contributed by atoms with van der Waals surface area (Å²) >= 11 is 0. The van der Waals surface area contributed by atoms with Crippen molar-refractivity contribution in [2.45, 2.75) is 34.1 Å². The van der Waals surface area contributed by atoms with Crippen molar-refractivity contribution in [3.63, 3.8) is 0 Å². The second kappa shape index (κ2) is 3.75. The van der Waals surface area contributed by atoms with E-state index in [1.54, 1.807) is 0 Å². The van der Waals surface area contributed by atoms with Crippen LogP contribution in [-0.4, -0.2) is 0 Å². The summed E-state index contributed by atoms with van der Waals surface area (Å²) in [5.41, 5.74) is 5.57. The molecule has 0 N–H and O–H groups in total. The summed E-state index contributed by atoms with van der Waals surface area (Å²) in [6.07, 6.45) is 3.40. The fourth-order valence-corrected chi connectivity index (χ4v) is 1.50. The van der Waals surface area contributed by atoms with Crippen LogP contribution in [0.1, 0.15) is 35.6 Å². The maximum atomic E-state index is 2.29. The third kappa shape index (κ3) is 1.88. The van der Waals surface area contributed by atoms with Gasteiger partial charge in [0.25, 0.3) is 0 Å². The molecule has 0 aliphatic rings. The molecule has 0 amide bonds. The summed E-state index contributed by atoms with van der Waals surface area (Å²) in [5.74, 6) is 0. The summed E-state index contributed by atoms with van der Waals surface area (Å²) < 4.78 is 0. The van der Waals surface area contributed by atoms with Gasteiger partial charge in [-0.1, -0.05) is 24.6 Å². The van der Waals surface area contributed by atoms with Crippen molar-refractivity contribution in [2.75, 3.05) is 0 Å². The van der Waals surface area contributed by atoms with E-state index in [0.29, 0.717) is 0 Å². The van der Waals surface area contributed by atoms with Gasteiger partial charge in [-0.15, -0.1) is 0 Å². The smallest absolute Gasteiger partial charge is 0.00929 e. The van der Waals surface area contributed by atoms with Crippen molar-refractivity contribution in [3.8, 4) is 0 Å². The van der Waals surface area contributed by atoms with Gasteiger partial charge >= 0.3 is 0 Å². The Labute approximate surface area is 75.6 Å². The molecule has 0 heteroatoms. The molecule has 1 aromatic rings.